The van der Waals surface area contributed by atoms with Gasteiger partial charge in [0.15, 0.2) is 0 Å². The third-order valence-corrected chi connectivity index (χ3v) is 3.14. The molecule has 4 nitrogen and oxygen atoms in total. The van der Waals surface area contributed by atoms with Crippen LogP contribution >= 0.6 is 0 Å². The molecule has 0 saturated heterocycles. The smallest absolute Gasteiger partial charge is 0.119 e. The van der Waals surface area contributed by atoms with Crippen LogP contribution in [0.1, 0.15) is 24.1 Å². The first-order chi connectivity index (χ1) is 9.78. The van der Waals surface area contributed by atoms with Crippen molar-refractivity contribution in [3.05, 3.63) is 59.7 Å². The summed E-state index contributed by atoms with van der Waals surface area (Å²) >= 11 is 0. The molecule has 20 heavy (non-hydrogen) atoms. The number of nitrogens with two attached hydrogens (primary N) is 1. The van der Waals surface area contributed by atoms with Gasteiger partial charge in [-0.1, -0.05) is 24.3 Å². The van der Waals surface area contributed by atoms with E-state index in [-0.39, 0.29) is 6.04 Å². The minimum Gasteiger partial charge on any atom is -0.497 e. The van der Waals surface area contributed by atoms with Crippen LogP contribution in [0, 0.1) is 0 Å². The highest BCUT2D eigenvalue weighted by Crippen LogP contribution is 2.25. The van der Waals surface area contributed by atoms with E-state index in [1.807, 2.05) is 55.5 Å². The third-order valence-electron chi connectivity index (χ3n) is 3.14. The molecule has 2 rings (SSSR count). The van der Waals surface area contributed by atoms with Crippen molar-refractivity contribution in [2.24, 2.45) is 5.84 Å². The molecule has 2 aromatic carbocycles. The van der Waals surface area contributed by atoms with E-state index in [1.165, 1.54) is 0 Å². The van der Waals surface area contributed by atoms with Crippen molar-refractivity contribution in [1.82, 2.24) is 5.43 Å². The predicted molar refractivity (Wildman–Crippen MR) is 79.8 cm³/mol. The highest BCUT2D eigenvalue weighted by atomic mass is 16.5. The lowest BCUT2D eigenvalue weighted by molar-refractivity contribution is 0.340. The van der Waals surface area contributed by atoms with Gasteiger partial charge in [0.2, 0.25) is 0 Å². The molecule has 0 aromatic heterocycles. The Kier molecular flexibility index (Phi) is 4.98. The lowest BCUT2D eigenvalue weighted by atomic mass is 9.99. The normalized spacial score (nSPS) is 11.9. The summed E-state index contributed by atoms with van der Waals surface area (Å²) in [5, 5.41) is 0. The zero-order valence-electron chi connectivity index (χ0n) is 11.8. The topological polar surface area (TPSA) is 56.5 Å². The van der Waals surface area contributed by atoms with Gasteiger partial charge in [0.05, 0.1) is 19.8 Å². The van der Waals surface area contributed by atoms with Crippen molar-refractivity contribution >= 4 is 0 Å². The lowest BCUT2D eigenvalue weighted by Crippen LogP contribution is -2.28. The van der Waals surface area contributed by atoms with Crippen LogP contribution in [0.5, 0.6) is 11.5 Å². The van der Waals surface area contributed by atoms with Gasteiger partial charge in [0, 0.05) is 0 Å². The molecule has 0 saturated carbocycles. The van der Waals surface area contributed by atoms with E-state index in [2.05, 4.69) is 5.43 Å². The maximum Gasteiger partial charge on any atom is 0.119 e. The molecule has 0 aliphatic rings. The van der Waals surface area contributed by atoms with Crippen LogP contribution in [0.2, 0.25) is 0 Å². The second-order valence-electron chi connectivity index (χ2n) is 4.37. The maximum atomic E-state index is 5.69. The molecule has 0 amide bonds. The number of hydrazine groups is 1. The van der Waals surface area contributed by atoms with Crippen LogP contribution in [0.15, 0.2) is 48.5 Å². The molecular formula is C16H20N2O2. The van der Waals surface area contributed by atoms with Gasteiger partial charge >= 0.3 is 0 Å². The average molecular weight is 272 g/mol. The summed E-state index contributed by atoms with van der Waals surface area (Å²) in [4.78, 5) is 0. The highest BCUT2D eigenvalue weighted by molar-refractivity contribution is 5.37. The number of hydrogen-bond donors (Lipinski definition) is 2. The Labute approximate surface area is 119 Å². The van der Waals surface area contributed by atoms with Crippen molar-refractivity contribution < 1.29 is 9.47 Å². The summed E-state index contributed by atoms with van der Waals surface area (Å²) in [6.07, 6.45) is 0. The maximum absolute atomic E-state index is 5.69. The van der Waals surface area contributed by atoms with Gasteiger partial charge in [0.1, 0.15) is 11.5 Å². The second kappa shape index (κ2) is 6.93. The zero-order chi connectivity index (χ0) is 14.4. The van der Waals surface area contributed by atoms with E-state index in [0.29, 0.717) is 6.61 Å². The second-order valence-corrected chi connectivity index (χ2v) is 4.37. The largest absolute Gasteiger partial charge is 0.497 e. The van der Waals surface area contributed by atoms with Crippen molar-refractivity contribution in [3.8, 4) is 11.5 Å². The molecule has 1 unspecified atom stereocenters. The SMILES string of the molecule is CCOc1ccc(C(NN)c2ccc(OC)cc2)cc1. The van der Waals surface area contributed by atoms with E-state index >= 15 is 0 Å². The molecule has 0 aliphatic heterocycles. The van der Waals surface area contributed by atoms with E-state index in [0.717, 1.165) is 22.6 Å². The molecule has 0 radical (unpaired) electrons. The molecule has 0 aliphatic carbocycles. The fourth-order valence-electron chi connectivity index (χ4n) is 2.10. The molecule has 3 N–H and O–H groups in total. The summed E-state index contributed by atoms with van der Waals surface area (Å²) in [5.74, 6) is 7.38. The Hall–Kier alpha value is -2.04. The summed E-state index contributed by atoms with van der Waals surface area (Å²) < 4.78 is 10.6. The molecule has 106 valence electrons. The minimum atomic E-state index is -0.0587. The van der Waals surface area contributed by atoms with E-state index in [1.54, 1.807) is 7.11 Å². The Morgan fingerprint density at radius 2 is 1.45 bits per heavy atom. The number of hydrogen-bond acceptors (Lipinski definition) is 4. The summed E-state index contributed by atoms with van der Waals surface area (Å²) in [6.45, 7) is 2.63. The first-order valence-corrected chi connectivity index (χ1v) is 6.61. The quantitative estimate of drug-likeness (QED) is 0.627. The van der Waals surface area contributed by atoms with Gasteiger partial charge in [0.25, 0.3) is 0 Å². The Bertz CT molecular complexity index is 523. The van der Waals surface area contributed by atoms with Crippen LogP contribution in [-0.2, 0) is 0 Å². The van der Waals surface area contributed by atoms with Crippen molar-refractivity contribution in [3.63, 3.8) is 0 Å². The van der Waals surface area contributed by atoms with Gasteiger partial charge < -0.3 is 9.47 Å². The van der Waals surface area contributed by atoms with E-state index in [9.17, 15) is 0 Å². The molecule has 0 heterocycles. The molecule has 2 aromatic rings. The Balaban J connectivity index is 2.21. The molecule has 0 spiro atoms. The average Bonchev–Trinajstić information content (AvgIpc) is 2.51. The highest BCUT2D eigenvalue weighted by Gasteiger charge is 2.12. The number of nitrogens with one attached hydrogen (secondary N) is 1. The first-order valence-electron chi connectivity index (χ1n) is 6.61. The minimum absolute atomic E-state index is 0.0587. The van der Waals surface area contributed by atoms with Crippen LogP contribution in [0.4, 0.5) is 0 Å². The predicted octanol–water partition coefficient (Wildman–Crippen LogP) is 2.65. The number of benzene rings is 2. The fourth-order valence-corrected chi connectivity index (χ4v) is 2.10. The Morgan fingerprint density at radius 1 is 0.950 bits per heavy atom. The van der Waals surface area contributed by atoms with Crippen LogP contribution in [-0.4, -0.2) is 13.7 Å². The molecule has 0 fully saturated rings. The molecule has 1 atom stereocenters. The van der Waals surface area contributed by atoms with Gasteiger partial charge in [-0.3, -0.25) is 5.84 Å². The van der Waals surface area contributed by atoms with Gasteiger partial charge in [-0.25, -0.2) is 5.43 Å². The molecule has 4 heteroatoms. The monoisotopic (exact) mass is 272 g/mol. The van der Waals surface area contributed by atoms with E-state index < -0.39 is 0 Å². The van der Waals surface area contributed by atoms with E-state index in [4.69, 9.17) is 15.3 Å². The number of rotatable bonds is 6. The summed E-state index contributed by atoms with van der Waals surface area (Å²) in [7, 11) is 1.65. The third kappa shape index (κ3) is 3.29. The van der Waals surface area contributed by atoms with Gasteiger partial charge in [-0.05, 0) is 42.3 Å². The number of ether oxygens (including phenoxy) is 2. The van der Waals surface area contributed by atoms with Gasteiger partial charge in [-0.2, -0.15) is 0 Å². The van der Waals surface area contributed by atoms with Crippen molar-refractivity contribution in [2.45, 2.75) is 13.0 Å². The van der Waals surface area contributed by atoms with Crippen LogP contribution in [0.3, 0.4) is 0 Å². The summed E-state index contributed by atoms with van der Waals surface area (Å²) in [6, 6.07) is 15.7. The fraction of sp³-hybridized carbons (Fsp3) is 0.250. The number of methoxy groups -OCH3 is 1. The van der Waals surface area contributed by atoms with Gasteiger partial charge in [-0.15, -0.1) is 0 Å². The van der Waals surface area contributed by atoms with Crippen LogP contribution < -0.4 is 20.7 Å². The Morgan fingerprint density at radius 3 is 1.85 bits per heavy atom. The van der Waals surface area contributed by atoms with Crippen molar-refractivity contribution in [2.75, 3.05) is 13.7 Å². The molecule has 0 bridgehead atoms. The summed E-state index contributed by atoms with van der Waals surface area (Å²) in [5.41, 5.74) is 5.01. The van der Waals surface area contributed by atoms with Crippen LogP contribution in [0.25, 0.3) is 0 Å². The molecular weight excluding hydrogens is 252 g/mol. The first kappa shape index (κ1) is 14.4. The zero-order valence-corrected chi connectivity index (χ0v) is 11.8. The van der Waals surface area contributed by atoms with Crippen molar-refractivity contribution in [1.29, 1.82) is 0 Å². The lowest BCUT2D eigenvalue weighted by Gasteiger charge is -2.17. The standard InChI is InChI=1S/C16H20N2O2/c1-3-20-15-10-6-13(7-11-15)16(18-17)12-4-8-14(19-2)9-5-12/h4-11,16,18H,3,17H2,1-2H3.